The Bertz CT molecular complexity index is 1090. The minimum absolute atomic E-state index is 0.0892. The van der Waals surface area contributed by atoms with Crippen LogP contribution in [0.3, 0.4) is 0 Å². The van der Waals surface area contributed by atoms with Gasteiger partial charge in [-0.1, -0.05) is 12.1 Å². The van der Waals surface area contributed by atoms with Crippen LogP contribution in [0.25, 0.3) is 17.4 Å². The van der Waals surface area contributed by atoms with E-state index in [1.807, 2.05) is 0 Å². The first-order valence-corrected chi connectivity index (χ1v) is 10.8. The number of benzene rings is 1. The summed E-state index contributed by atoms with van der Waals surface area (Å²) < 4.78 is 44.4. The van der Waals surface area contributed by atoms with Gasteiger partial charge in [0.1, 0.15) is 18.1 Å². The van der Waals surface area contributed by atoms with E-state index in [9.17, 15) is 27.6 Å². The van der Waals surface area contributed by atoms with Crippen molar-refractivity contribution in [1.82, 2.24) is 9.80 Å². The Hall–Kier alpha value is -3.01. The maximum Gasteiger partial charge on any atom is 0.416 e. The van der Waals surface area contributed by atoms with Crippen molar-refractivity contribution in [2.24, 2.45) is 0 Å². The molecule has 2 aliphatic rings. The van der Waals surface area contributed by atoms with Gasteiger partial charge in [0, 0.05) is 24.7 Å². The van der Waals surface area contributed by atoms with Crippen LogP contribution in [0.2, 0.25) is 0 Å². The van der Waals surface area contributed by atoms with Gasteiger partial charge in [0.25, 0.3) is 11.1 Å². The highest BCUT2D eigenvalue weighted by Gasteiger charge is 2.37. The fraction of sp³-hybridized carbons (Fsp3) is 0.318. The first-order valence-electron chi connectivity index (χ1n) is 10.0. The molecule has 2 aliphatic heterocycles. The molecule has 0 N–H and O–H groups in total. The monoisotopic (exact) mass is 464 g/mol. The smallest absolute Gasteiger partial charge is 0.416 e. The molecule has 0 spiro atoms. The Kier molecular flexibility index (Phi) is 6.14. The standard InChI is InChI=1S/C22H19F3N2O4S/c23-22(24,25)15-6-4-5-14(11-15)17-8-7-16(31-17)12-18-20(29)27(21(30)32-18)13-19(28)26-9-2-1-3-10-26/h4-8,11-12H,1-3,9-10,13H2/b18-12+. The zero-order valence-electron chi connectivity index (χ0n) is 16.9. The van der Waals surface area contributed by atoms with Gasteiger partial charge in [-0.25, -0.2) is 0 Å². The van der Waals surface area contributed by atoms with Crippen molar-refractivity contribution < 1.29 is 32.0 Å². The first-order chi connectivity index (χ1) is 15.2. The van der Waals surface area contributed by atoms with Gasteiger partial charge in [0.15, 0.2) is 0 Å². The lowest BCUT2D eigenvalue weighted by Crippen LogP contribution is -2.44. The molecule has 0 saturated carbocycles. The lowest BCUT2D eigenvalue weighted by atomic mass is 10.1. The molecule has 0 unspecified atom stereocenters. The maximum atomic E-state index is 12.9. The number of carbonyl (C=O) groups is 3. The van der Waals surface area contributed by atoms with Gasteiger partial charge < -0.3 is 9.32 Å². The summed E-state index contributed by atoms with van der Waals surface area (Å²) in [5, 5.41) is -0.545. The molecule has 2 aromatic rings. The Labute approximate surface area is 186 Å². The van der Waals surface area contributed by atoms with Crippen LogP contribution >= 0.6 is 11.8 Å². The molecule has 1 aromatic carbocycles. The molecule has 3 heterocycles. The Morgan fingerprint density at radius 1 is 1.09 bits per heavy atom. The number of likely N-dealkylation sites (tertiary alicyclic amines) is 1. The van der Waals surface area contributed by atoms with Crippen LogP contribution < -0.4 is 0 Å². The van der Waals surface area contributed by atoms with Crippen LogP contribution in [-0.4, -0.2) is 46.5 Å². The third-order valence-electron chi connectivity index (χ3n) is 5.25. The molecule has 0 atom stereocenters. The van der Waals surface area contributed by atoms with Crippen molar-refractivity contribution in [2.45, 2.75) is 25.4 Å². The number of thioether (sulfide) groups is 1. The van der Waals surface area contributed by atoms with Crippen LogP contribution in [0.5, 0.6) is 0 Å². The molecular formula is C22H19F3N2O4S. The van der Waals surface area contributed by atoms with Gasteiger partial charge in [0.05, 0.1) is 10.5 Å². The van der Waals surface area contributed by atoms with E-state index in [1.165, 1.54) is 30.3 Å². The van der Waals surface area contributed by atoms with Gasteiger partial charge in [0.2, 0.25) is 5.91 Å². The highest BCUT2D eigenvalue weighted by molar-refractivity contribution is 8.18. The first kappa shape index (κ1) is 22.2. The largest absolute Gasteiger partial charge is 0.457 e. The van der Waals surface area contributed by atoms with Gasteiger partial charge in [-0.15, -0.1) is 0 Å². The molecule has 2 saturated heterocycles. The summed E-state index contributed by atoms with van der Waals surface area (Å²) in [4.78, 5) is 40.0. The van der Waals surface area contributed by atoms with Crippen LogP contribution in [0.4, 0.5) is 18.0 Å². The molecule has 32 heavy (non-hydrogen) atoms. The quantitative estimate of drug-likeness (QED) is 0.595. The number of imide groups is 1. The SMILES string of the molecule is O=C(CN1C(=O)S/C(=C/c2ccc(-c3cccc(C(F)(F)F)c3)o2)C1=O)N1CCCCC1. The molecular weight excluding hydrogens is 445 g/mol. The van der Waals surface area contributed by atoms with E-state index < -0.39 is 22.9 Å². The minimum Gasteiger partial charge on any atom is -0.457 e. The van der Waals surface area contributed by atoms with Crippen molar-refractivity contribution in [3.05, 3.63) is 52.6 Å². The lowest BCUT2D eigenvalue weighted by molar-refractivity contribution is -0.137. The third kappa shape index (κ3) is 4.74. The van der Waals surface area contributed by atoms with Gasteiger partial charge in [-0.3, -0.25) is 19.3 Å². The summed E-state index contributed by atoms with van der Waals surface area (Å²) >= 11 is 0.695. The molecule has 2 fully saturated rings. The van der Waals surface area contributed by atoms with E-state index in [0.29, 0.717) is 24.9 Å². The second-order valence-corrected chi connectivity index (χ2v) is 8.48. The Morgan fingerprint density at radius 2 is 1.84 bits per heavy atom. The second kappa shape index (κ2) is 8.85. The van der Waals surface area contributed by atoms with Crippen molar-refractivity contribution >= 4 is 34.9 Å². The number of nitrogens with zero attached hydrogens (tertiary/aromatic N) is 2. The highest BCUT2D eigenvalue weighted by atomic mass is 32.2. The summed E-state index contributed by atoms with van der Waals surface area (Å²) in [6, 6.07) is 7.70. The predicted octanol–water partition coefficient (Wildman–Crippen LogP) is 5.01. The average Bonchev–Trinajstić information content (AvgIpc) is 3.34. The van der Waals surface area contributed by atoms with Crippen LogP contribution in [0, 0.1) is 0 Å². The summed E-state index contributed by atoms with van der Waals surface area (Å²) in [6.45, 7) is 0.931. The molecule has 6 nitrogen and oxygen atoms in total. The molecule has 168 valence electrons. The van der Waals surface area contributed by atoms with Crippen LogP contribution in [0.1, 0.15) is 30.6 Å². The zero-order valence-corrected chi connectivity index (χ0v) is 17.7. The fourth-order valence-electron chi connectivity index (χ4n) is 3.58. The van der Waals surface area contributed by atoms with E-state index >= 15 is 0 Å². The van der Waals surface area contributed by atoms with Gasteiger partial charge in [-0.05, 0) is 55.3 Å². The lowest BCUT2D eigenvalue weighted by Gasteiger charge is -2.27. The number of carbonyl (C=O) groups excluding carboxylic acids is 3. The molecule has 0 radical (unpaired) electrons. The van der Waals surface area contributed by atoms with E-state index in [0.717, 1.165) is 36.3 Å². The number of furan rings is 1. The van der Waals surface area contributed by atoms with E-state index in [2.05, 4.69) is 0 Å². The van der Waals surface area contributed by atoms with Crippen LogP contribution in [0.15, 0.2) is 45.7 Å². The van der Waals surface area contributed by atoms with E-state index in [4.69, 9.17) is 4.42 Å². The number of rotatable bonds is 4. The summed E-state index contributed by atoms with van der Waals surface area (Å²) in [7, 11) is 0. The molecule has 0 aliphatic carbocycles. The average molecular weight is 464 g/mol. The summed E-state index contributed by atoms with van der Waals surface area (Å²) in [6.07, 6.45) is -0.261. The number of alkyl halides is 3. The highest BCUT2D eigenvalue weighted by Crippen LogP contribution is 2.35. The summed E-state index contributed by atoms with van der Waals surface area (Å²) in [5.74, 6) is -0.451. The molecule has 4 rings (SSSR count). The minimum atomic E-state index is -4.48. The normalized spacial score (nSPS) is 18.7. The van der Waals surface area contributed by atoms with Crippen molar-refractivity contribution in [3.8, 4) is 11.3 Å². The molecule has 1 aromatic heterocycles. The number of amides is 3. The van der Waals surface area contributed by atoms with Gasteiger partial charge >= 0.3 is 6.18 Å². The number of hydrogen-bond acceptors (Lipinski definition) is 5. The molecule has 0 bridgehead atoms. The number of halogens is 3. The second-order valence-electron chi connectivity index (χ2n) is 7.49. The van der Waals surface area contributed by atoms with E-state index in [-0.39, 0.29) is 34.4 Å². The van der Waals surface area contributed by atoms with Crippen molar-refractivity contribution in [1.29, 1.82) is 0 Å². The number of piperidine rings is 1. The fourth-order valence-corrected chi connectivity index (χ4v) is 4.40. The summed E-state index contributed by atoms with van der Waals surface area (Å²) in [5.41, 5.74) is -0.563. The zero-order chi connectivity index (χ0) is 22.9. The van der Waals surface area contributed by atoms with Crippen molar-refractivity contribution in [3.63, 3.8) is 0 Å². The third-order valence-corrected chi connectivity index (χ3v) is 6.16. The van der Waals surface area contributed by atoms with Gasteiger partial charge in [-0.2, -0.15) is 13.2 Å². The van der Waals surface area contributed by atoms with Crippen molar-refractivity contribution in [2.75, 3.05) is 19.6 Å². The molecule has 10 heteroatoms. The topological polar surface area (TPSA) is 70.8 Å². The van der Waals surface area contributed by atoms with Crippen LogP contribution in [-0.2, 0) is 15.8 Å². The number of hydrogen-bond donors (Lipinski definition) is 0. The maximum absolute atomic E-state index is 12.9. The Morgan fingerprint density at radius 3 is 2.56 bits per heavy atom. The molecule has 3 amide bonds. The Balaban J connectivity index is 1.48. The van der Waals surface area contributed by atoms with E-state index in [1.54, 1.807) is 4.90 Å². The predicted molar refractivity (Wildman–Crippen MR) is 112 cm³/mol.